The fourth-order valence-electron chi connectivity index (χ4n) is 1.51. The second-order valence-electron chi connectivity index (χ2n) is 4.74. The van der Waals surface area contributed by atoms with Gasteiger partial charge in [-0.05, 0) is 24.1 Å². The third-order valence-electron chi connectivity index (χ3n) is 2.36. The molecule has 0 saturated heterocycles. The van der Waals surface area contributed by atoms with Crippen LogP contribution in [-0.2, 0) is 15.6 Å². The Balaban J connectivity index is 2.43. The van der Waals surface area contributed by atoms with E-state index in [1.54, 1.807) is 0 Å². The first kappa shape index (κ1) is 15.6. The number of nitrogens with one attached hydrogen (secondary N) is 1. The van der Waals surface area contributed by atoms with Crippen LogP contribution in [-0.4, -0.2) is 21.6 Å². The minimum absolute atomic E-state index is 0.0128. The summed E-state index contributed by atoms with van der Waals surface area (Å²) in [4.78, 5) is 11.6. The molecule has 0 saturated carbocycles. The van der Waals surface area contributed by atoms with Crippen LogP contribution in [0.4, 0.5) is 15.8 Å². The van der Waals surface area contributed by atoms with Gasteiger partial charge in [-0.25, -0.2) is 4.39 Å². The Hall–Kier alpha value is -1.43. The summed E-state index contributed by atoms with van der Waals surface area (Å²) < 4.78 is 24.5. The van der Waals surface area contributed by atoms with E-state index in [2.05, 4.69) is 5.32 Å². The van der Waals surface area contributed by atoms with E-state index >= 15 is 0 Å². The number of hydrogen-bond acceptors (Lipinski definition) is 3. The summed E-state index contributed by atoms with van der Waals surface area (Å²) in [7, 11) is -0.982. The molecule has 1 aromatic carbocycles. The lowest BCUT2D eigenvalue weighted by atomic mass is 10.2. The number of amides is 1. The molecule has 0 aliphatic heterocycles. The number of benzene rings is 1. The van der Waals surface area contributed by atoms with Gasteiger partial charge in [0, 0.05) is 34.4 Å². The Bertz CT molecular complexity index is 478. The second kappa shape index (κ2) is 7.23. The van der Waals surface area contributed by atoms with Crippen molar-refractivity contribution in [2.75, 3.05) is 22.6 Å². The van der Waals surface area contributed by atoms with Crippen LogP contribution in [0.3, 0.4) is 0 Å². The SMILES string of the molecule is CC(C)CS(=O)CCC(=O)Nc1ccc(F)c(N)c1. The molecule has 0 spiro atoms. The van der Waals surface area contributed by atoms with Crippen molar-refractivity contribution >= 4 is 28.1 Å². The van der Waals surface area contributed by atoms with Gasteiger partial charge in [-0.3, -0.25) is 9.00 Å². The lowest BCUT2D eigenvalue weighted by Crippen LogP contribution is -2.17. The maximum Gasteiger partial charge on any atom is 0.225 e. The van der Waals surface area contributed by atoms with Gasteiger partial charge < -0.3 is 11.1 Å². The predicted molar refractivity (Wildman–Crippen MR) is 76.8 cm³/mol. The number of hydrogen-bond donors (Lipinski definition) is 2. The Morgan fingerprint density at radius 2 is 2.16 bits per heavy atom. The van der Waals surface area contributed by atoms with Gasteiger partial charge in [0.25, 0.3) is 0 Å². The smallest absolute Gasteiger partial charge is 0.225 e. The first-order chi connectivity index (χ1) is 8.88. The molecule has 3 N–H and O–H groups in total. The van der Waals surface area contributed by atoms with Crippen LogP contribution < -0.4 is 11.1 Å². The molecule has 6 heteroatoms. The molecule has 0 aliphatic rings. The molecule has 4 nitrogen and oxygen atoms in total. The van der Waals surface area contributed by atoms with E-state index < -0.39 is 16.6 Å². The maximum atomic E-state index is 12.9. The number of anilines is 2. The van der Waals surface area contributed by atoms with Gasteiger partial charge in [0.05, 0.1) is 5.69 Å². The molecule has 106 valence electrons. The quantitative estimate of drug-likeness (QED) is 0.787. The van der Waals surface area contributed by atoms with Crippen molar-refractivity contribution in [3.63, 3.8) is 0 Å². The van der Waals surface area contributed by atoms with Crippen LogP contribution in [0.1, 0.15) is 20.3 Å². The molecule has 1 amide bonds. The van der Waals surface area contributed by atoms with Crippen LogP contribution in [0, 0.1) is 11.7 Å². The van der Waals surface area contributed by atoms with E-state index in [1.165, 1.54) is 18.2 Å². The summed E-state index contributed by atoms with van der Waals surface area (Å²) in [6.45, 7) is 3.97. The maximum absolute atomic E-state index is 12.9. The normalized spacial score (nSPS) is 12.4. The first-order valence-electron chi connectivity index (χ1n) is 6.08. The van der Waals surface area contributed by atoms with E-state index in [1.807, 2.05) is 13.8 Å². The van der Waals surface area contributed by atoms with E-state index in [0.29, 0.717) is 23.1 Å². The molecule has 0 fully saturated rings. The zero-order chi connectivity index (χ0) is 14.4. The highest BCUT2D eigenvalue weighted by Crippen LogP contribution is 2.16. The molecular formula is C13H19FN2O2S. The van der Waals surface area contributed by atoms with Crippen LogP contribution >= 0.6 is 0 Å². The highest BCUT2D eigenvalue weighted by molar-refractivity contribution is 7.85. The molecule has 1 rings (SSSR count). The summed E-state index contributed by atoms with van der Waals surface area (Å²) in [5.74, 6) is 0.511. The molecule has 0 heterocycles. The van der Waals surface area contributed by atoms with Gasteiger partial charge in [0.2, 0.25) is 5.91 Å². The Labute approximate surface area is 115 Å². The van der Waals surface area contributed by atoms with E-state index in [0.717, 1.165) is 0 Å². The molecule has 1 atom stereocenters. The summed E-state index contributed by atoms with van der Waals surface area (Å²) in [6, 6.07) is 3.99. The first-order valence-corrected chi connectivity index (χ1v) is 7.57. The minimum atomic E-state index is -0.982. The molecular weight excluding hydrogens is 267 g/mol. The second-order valence-corrected chi connectivity index (χ2v) is 6.36. The summed E-state index contributed by atoms with van der Waals surface area (Å²) >= 11 is 0. The zero-order valence-electron chi connectivity index (χ0n) is 11.1. The number of carbonyl (C=O) groups is 1. The van der Waals surface area contributed by atoms with Crippen molar-refractivity contribution in [3.8, 4) is 0 Å². The Morgan fingerprint density at radius 1 is 1.47 bits per heavy atom. The molecule has 19 heavy (non-hydrogen) atoms. The number of rotatable bonds is 6. The number of halogens is 1. The topological polar surface area (TPSA) is 72.2 Å². The third-order valence-corrected chi connectivity index (χ3v) is 4.05. The zero-order valence-corrected chi connectivity index (χ0v) is 11.9. The van der Waals surface area contributed by atoms with Gasteiger partial charge in [-0.2, -0.15) is 0 Å². The molecule has 1 unspecified atom stereocenters. The average Bonchev–Trinajstić information content (AvgIpc) is 2.30. The Morgan fingerprint density at radius 3 is 2.74 bits per heavy atom. The summed E-state index contributed by atoms with van der Waals surface area (Å²) in [5.41, 5.74) is 5.83. The predicted octanol–water partition coefficient (Wildman–Crippen LogP) is 2.14. The van der Waals surface area contributed by atoms with Crippen molar-refractivity contribution in [2.24, 2.45) is 5.92 Å². The van der Waals surface area contributed by atoms with E-state index in [4.69, 9.17) is 5.73 Å². The number of nitrogens with two attached hydrogens (primary N) is 1. The van der Waals surface area contributed by atoms with Crippen molar-refractivity contribution in [1.82, 2.24) is 0 Å². The minimum Gasteiger partial charge on any atom is -0.396 e. The fourth-order valence-corrected chi connectivity index (χ4v) is 2.83. The number of nitrogen functional groups attached to an aromatic ring is 1. The van der Waals surface area contributed by atoms with E-state index in [9.17, 15) is 13.4 Å². The summed E-state index contributed by atoms with van der Waals surface area (Å²) in [5, 5.41) is 2.60. The third kappa shape index (κ3) is 5.83. The molecule has 0 radical (unpaired) electrons. The monoisotopic (exact) mass is 286 g/mol. The lowest BCUT2D eigenvalue weighted by Gasteiger charge is -2.07. The van der Waals surface area contributed by atoms with Gasteiger partial charge >= 0.3 is 0 Å². The average molecular weight is 286 g/mol. The standard InChI is InChI=1S/C13H19FN2O2S/c1-9(2)8-19(18)6-5-13(17)16-10-3-4-11(14)12(15)7-10/h3-4,7,9H,5-6,8,15H2,1-2H3,(H,16,17). The van der Waals surface area contributed by atoms with Gasteiger partial charge in [-0.15, -0.1) is 0 Å². The highest BCUT2D eigenvalue weighted by atomic mass is 32.2. The van der Waals surface area contributed by atoms with Crippen LogP contribution in [0.15, 0.2) is 18.2 Å². The van der Waals surface area contributed by atoms with E-state index in [-0.39, 0.29) is 18.0 Å². The largest absolute Gasteiger partial charge is 0.396 e. The van der Waals surface area contributed by atoms with Crippen molar-refractivity contribution in [3.05, 3.63) is 24.0 Å². The van der Waals surface area contributed by atoms with Gasteiger partial charge in [-0.1, -0.05) is 13.8 Å². The van der Waals surface area contributed by atoms with Gasteiger partial charge in [0.15, 0.2) is 0 Å². The van der Waals surface area contributed by atoms with Crippen LogP contribution in [0.5, 0.6) is 0 Å². The van der Waals surface area contributed by atoms with Crippen molar-refractivity contribution in [2.45, 2.75) is 20.3 Å². The van der Waals surface area contributed by atoms with Crippen LogP contribution in [0.25, 0.3) is 0 Å². The number of carbonyl (C=O) groups excluding carboxylic acids is 1. The molecule has 0 bridgehead atoms. The summed E-state index contributed by atoms with van der Waals surface area (Å²) in [6.07, 6.45) is 0.177. The molecule has 0 aliphatic carbocycles. The molecule has 0 aromatic heterocycles. The Kier molecular flexibility index (Phi) is 5.95. The molecule has 1 aromatic rings. The van der Waals surface area contributed by atoms with Crippen molar-refractivity contribution < 1.29 is 13.4 Å². The van der Waals surface area contributed by atoms with Gasteiger partial charge in [0.1, 0.15) is 5.82 Å². The lowest BCUT2D eigenvalue weighted by molar-refractivity contribution is -0.115. The fraction of sp³-hybridized carbons (Fsp3) is 0.462. The van der Waals surface area contributed by atoms with Crippen LogP contribution in [0.2, 0.25) is 0 Å². The van der Waals surface area contributed by atoms with Crippen molar-refractivity contribution in [1.29, 1.82) is 0 Å². The highest BCUT2D eigenvalue weighted by Gasteiger charge is 2.08.